The minimum Gasteiger partial charge on any atom is -0.489 e. The van der Waals surface area contributed by atoms with Gasteiger partial charge in [-0.05, 0) is 29.3 Å². The first-order chi connectivity index (χ1) is 15.3. The monoisotopic (exact) mass is 416 g/mol. The number of nitrogens with zero attached hydrogens (tertiary/aromatic N) is 5. The van der Waals surface area contributed by atoms with Gasteiger partial charge in [-0.25, -0.2) is 9.97 Å². The van der Waals surface area contributed by atoms with E-state index in [-0.39, 0.29) is 0 Å². The molecule has 1 aliphatic heterocycles. The van der Waals surface area contributed by atoms with Gasteiger partial charge in [0, 0.05) is 52.2 Å². The Balaban J connectivity index is 1.24. The van der Waals surface area contributed by atoms with Gasteiger partial charge in [-0.2, -0.15) is 0 Å². The summed E-state index contributed by atoms with van der Waals surface area (Å²) >= 11 is 0. The molecular weight excluding hydrogens is 388 g/mol. The van der Waals surface area contributed by atoms with E-state index >= 15 is 0 Å². The highest BCUT2D eigenvalue weighted by Gasteiger charge is 2.20. The Hall–Kier alpha value is -3.61. The van der Waals surface area contributed by atoms with E-state index in [0.29, 0.717) is 13.2 Å². The third kappa shape index (κ3) is 5.72. The van der Waals surface area contributed by atoms with E-state index < -0.39 is 0 Å². The third-order valence-electron chi connectivity index (χ3n) is 5.25. The lowest BCUT2D eigenvalue weighted by molar-refractivity contribution is 0.306. The lowest BCUT2D eigenvalue weighted by atomic mass is 10.2. The van der Waals surface area contributed by atoms with Gasteiger partial charge >= 0.3 is 0 Å². The molecule has 0 aliphatic carbocycles. The summed E-state index contributed by atoms with van der Waals surface area (Å²) in [5.74, 6) is 2.58. The molecule has 2 aromatic carbocycles. The van der Waals surface area contributed by atoms with Gasteiger partial charge in [0.2, 0.25) is 5.95 Å². The summed E-state index contributed by atoms with van der Waals surface area (Å²) in [6.45, 7) is 4.80. The largest absolute Gasteiger partial charge is 0.489 e. The minimum absolute atomic E-state index is 0.574. The maximum absolute atomic E-state index is 5.87. The van der Waals surface area contributed by atoms with Crippen LogP contribution in [-0.4, -0.2) is 54.1 Å². The number of aliphatic imine (C=N–C) groups is 1. The van der Waals surface area contributed by atoms with Crippen molar-refractivity contribution in [1.82, 2.24) is 20.2 Å². The molecule has 7 heteroatoms. The Bertz CT molecular complexity index is 954. The number of anilines is 1. The molecule has 0 radical (unpaired) electrons. The number of aromatic nitrogens is 2. The molecule has 0 amide bonds. The number of hydrogen-bond donors (Lipinski definition) is 1. The second-order valence-corrected chi connectivity index (χ2v) is 7.34. The van der Waals surface area contributed by atoms with Gasteiger partial charge in [-0.3, -0.25) is 4.99 Å². The highest BCUT2D eigenvalue weighted by molar-refractivity contribution is 5.80. The van der Waals surface area contributed by atoms with Crippen LogP contribution in [0.15, 0.2) is 78.0 Å². The number of benzene rings is 2. The normalized spacial score (nSPS) is 14.4. The number of ether oxygens (including phenoxy) is 1. The van der Waals surface area contributed by atoms with Crippen molar-refractivity contribution < 1.29 is 4.74 Å². The van der Waals surface area contributed by atoms with Crippen molar-refractivity contribution in [2.45, 2.75) is 13.2 Å². The van der Waals surface area contributed by atoms with Gasteiger partial charge in [0.15, 0.2) is 5.96 Å². The van der Waals surface area contributed by atoms with Crippen molar-refractivity contribution in [3.8, 4) is 5.75 Å². The Morgan fingerprint density at radius 1 is 0.903 bits per heavy atom. The van der Waals surface area contributed by atoms with Crippen molar-refractivity contribution in [2.24, 2.45) is 4.99 Å². The molecule has 0 bridgehead atoms. The number of hydrogen-bond acceptors (Lipinski definition) is 5. The van der Waals surface area contributed by atoms with E-state index in [2.05, 4.69) is 54.3 Å². The van der Waals surface area contributed by atoms with Crippen molar-refractivity contribution in [2.75, 3.05) is 38.1 Å². The molecule has 2 heterocycles. The SMILES string of the molecule is CN=C(NCc1ccc(OCc2ccccc2)cc1)N1CCN(c2ncccn2)CC1. The molecule has 31 heavy (non-hydrogen) atoms. The first kappa shape index (κ1) is 20.7. The smallest absolute Gasteiger partial charge is 0.225 e. The summed E-state index contributed by atoms with van der Waals surface area (Å²) in [5.41, 5.74) is 2.35. The molecule has 7 nitrogen and oxygen atoms in total. The Kier molecular flexibility index (Phi) is 6.95. The molecule has 1 saturated heterocycles. The predicted molar refractivity (Wildman–Crippen MR) is 123 cm³/mol. The van der Waals surface area contributed by atoms with E-state index in [1.807, 2.05) is 43.4 Å². The number of piperazine rings is 1. The van der Waals surface area contributed by atoms with E-state index in [1.54, 1.807) is 12.4 Å². The highest BCUT2D eigenvalue weighted by atomic mass is 16.5. The molecule has 0 spiro atoms. The topological polar surface area (TPSA) is 65.9 Å². The van der Waals surface area contributed by atoms with E-state index in [4.69, 9.17) is 4.74 Å². The minimum atomic E-state index is 0.574. The third-order valence-corrected chi connectivity index (χ3v) is 5.25. The Labute approximate surface area is 183 Å². The first-order valence-electron chi connectivity index (χ1n) is 10.5. The van der Waals surface area contributed by atoms with Gasteiger partial charge in [-0.1, -0.05) is 42.5 Å². The second kappa shape index (κ2) is 10.4. The summed E-state index contributed by atoms with van der Waals surface area (Å²) in [6.07, 6.45) is 3.57. The lowest BCUT2D eigenvalue weighted by Gasteiger charge is -2.36. The summed E-state index contributed by atoms with van der Waals surface area (Å²) in [5, 5.41) is 3.47. The second-order valence-electron chi connectivity index (χ2n) is 7.34. The molecule has 3 aromatic rings. The average molecular weight is 417 g/mol. The fourth-order valence-corrected chi connectivity index (χ4v) is 3.53. The number of guanidine groups is 1. The summed E-state index contributed by atoms with van der Waals surface area (Å²) < 4.78 is 5.87. The zero-order chi connectivity index (χ0) is 21.3. The highest BCUT2D eigenvalue weighted by Crippen LogP contribution is 2.15. The van der Waals surface area contributed by atoms with E-state index in [1.165, 1.54) is 5.56 Å². The van der Waals surface area contributed by atoms with Crippen LogP contribution in [0, 0.1) is 0 Å². The van der Waals surface area contributed by atoms with Gasteiger partial charge in [-0.15, -0.1) is 0 Å². The molecule has 1 aliphatic rings. The van der Waals surface area contributed by atoms with Crippen molar-refractivity contribution in [3.05, 3.63) is 84.2 Å². The van der Waals surface area contributed by atoms with Crippen LogP contribution in [0.25, 0.3) is 0 Å². The van der Waals surface area contributed by atoms with Gasteiger partial charge in [0.05, 0.1) is 0 Å². The summed E-state index contributed by atoms with van der Waals surface area (Å²) in [6, 6.07) is 20.2. The van der Waals surface area contributed by atoms with E-state index in [0.717, 1.165) is 49.4 Å². The summed E-state index contributed by atoms with van der Waals surface area (Å²) in [7, 11) is 1.83. The van der Waals surface area contributed by atoms with Crippen LogP contribution in [0.2, 0.25) is 0 Å². The first-order valence-corrected chi connectivity index (χ1v) is 10.5. The van der Waals surface area contributed by atoms with Crippen LogP contribution in [0.5, 0.6) is 5.75 Å². The van der Waals surface area contributed by atoms with E-state index in [9.17, 15) is 0 Å². The molecule has 0 unspecified atom stereocenters. The molecule has 0 saturated carbocycles. The fraction of sp³-hybridized carbons (Fsp3) is 0.292. The molecule has 1 fully saturated rings. The Morgan fingerprint density at radius 3 is 2.29 bits per heavy atom. The van der Waals surface area contributed by atoms with Crippen LogP contribution >= 0.6 is 0 Å². The van der Waals surface area contributed by atoms with Crippen molar-refractivity contribution >= 4 is 11.9 Å². The fourth-order valence-electron chi connectivity index (χ4n) is 3.53. The zero-order valence-electron chi connectivity index (χ0n) is 17.8. The Morgan fingerprint density at radius 2 is 1.61 bits per heavy atom. The molecule has 1 aromatic heterocycles. The quantitative estimate of drug-likeness (QED) is 0.492. The molecular formula is C24H28N6O. The lowest BCUT2D eigenvalue weighted by Crippen LogP contribution is -2.52. The van der Waals surface area contributed by atoms with Crippen molar-refractivity contribution in [1.29, 1.82) is 0 Å². The standard InChI is InChI=1S/C24H28N6O/c1-25-23(29-14-16-30(17-15-29)24-26-12-5-13-27-24)28-18-20-8-10-22(11-9-20)31-19-21-6-3-2-4-7-21/h2-13H,14-19H2,1H3,(H,25,28). The number of nitrogens with one attached hydrogen (secondary N) is 1. The molecule has 4 rings (SSSR count). The van der Waals surface area contributed by atoms with Crippen LogP contribution < -0.4 is 15.0 Å². The van der Waals surface area contributed by atoms with Gasteiger partial charge in [0.1, 0.15) is 12.4 Å². The van der Waals surface area contributed by atoms with Crippen LogP contribution in [-0.2, 0) is 13.2 Å². The van der Waals surface area contributed by atoms with Crippen LogP contribution in [0.3, 0.4) is 0 Å². The maximum Gasteiger partial charge on any atom is 0.225 e. The number of rotatable bonds is 6. The van der Waals surface area contributed by atoms with Gasteiger partial charge in [0.25, 0.3) is 0 Å². The zero-order valence-corrected chi connectivity index (χ0v) is 17.8. The molecule has 1 N–H and O–H groups in total. The van der Waals surface area contributed by atoms with Gasteiger partial charge < -0.3 is 19.9 Å². The van der Waals surface area contributed by atoms with Crippen molar-refractivity contribution in [3.63, 3.8) is 0 Å². The summed E-state index contributed by atoms with van der Waals surface area (Å²) in [4.78, 5) is 17.6. The van der Waals surface area contributed by atoms with Crippen LogP contribution in [0.1, 0.15) is 11.1 Å². The van der Waals surface area contributed by atoms with Crippen LogP contribution in [0.4, 0.5) is 5.95 Å². The molecule has 160 valence electrons. The predicted octanol–water partition coefficient (Wildman–Crippen LogP) is 2.95. The average Bonchev–Trinajstić information content (AvgIpc) is 2.85. The maximum atomic E-state index is 5.87. The molecule has 0 atom stereocenters.